The van der Waals surface area contributed by atoms with Gasteiger partial charge >= 0.3 is 0 Å². The highest BCUT2D eigenvalue weighted by atomic mass is 35.5. The van der Waals surface area contributed by atoms with Crippen LogP contribution in [0.15, 0.2) is 30.3 Å². The third-order valence-corrected chi connectivity index (χ3v) is 5.16. The van der Waals surface area contributed by atoms with Gasteiger partial charge in [-0.25, -0.2) is 0 Å². The smallest absolute Gasteiger partial charge is 0.261 e. The Bertz CT molecular complexity index is 884. The maximum absolute atomic E-state index is 12.5. The van der Waals surface area contributed by atoms with Crippen LogP contribution in [0.1, 0.15) is 22.3 Å². The largest absolute Gasteiger partial charge is 0.375 e. The zero-order valence-corrected chi connectivity index (χ0v) is 14.9. The molecule has 3 rings (SSSR count). The number of halogens is 4. The first kappa shape index (κ1) is 17.5. The molecule has 2 N–H and O–H groups in total. The Morgan fingerprint density at radius 1 is 1.00 bits per heavy atom. The number of hydrogen-bond donors (Lipinski definition) is 2. The van der Waals surface area contributed by atoms with Crippen molar-refractivity contribution in [1.82, 2.24) is 0 Å². The van der Waals surface area contributed by atoms with Crippen molar-refractivity contribution >= 4 is 63.8 Å². The van der Waals surface area contributed by atoms with Crippen LogP contribution in [0.3, 0.4) is 0 Å². The van der Waals surface area contributed by atoms with E-state index < -0.39 is 23.7 Å². The van der Waals surface area contributed by atoms with Crippen LogP contribution in [0.2, 0.25) is 20.1 Å². The van der Waals surface area contributed by atoms with Gasteiger partial charge < -0.3 is 10.4 Å². The van der Waals surface area contributed by atoms with Crippen LogP contribution in [0.4, 0.5) is 5.69 Å². The van der Waals surface area contributed by atoms with Gasteiger partial charge in [0, 0.05) is 16.1 Å². The number of hydrogen-bond acceptors (Lipinski definition) is 3. The first-order chi connectivity index (χ1) is 11.2. The van der Waals surface area contributed by atoms with Crippen LogP contribution < -0.4 is 5.32 Å². The Morgan fingerprint density at radius 3 is 2.29 bits per heavy atom. The van der Waals surface area contributed by atoms with E-state index in [1.165, 1.54) is 30.3 Å². The molecule has 24 heavy (non-hydrogen) atoms. The van der Waals surface area contributed by atoms with E-state index >= 15 is 0 Å². The molecule has 1 heterocycles. The van der Waals surface area contributed by atoms with E-state index in [-0.39, 0.29) is 31.9 Å². The van der Waals surface area contributed by atoms with E-state index in [1.807, 2.05) is 0 Å². The topological polar surface area (TPSA) is 66.4 Å². The summed E-state index contributed by atoms with van der Waals surface area (Å²) in [7, 11) is 0. The fraction of sp³-hybridized carbons (Fsp3) is 0.125. The third kappa shape index (κ3) is 2.79. The summed E-state index contributed by atoms with van der Waals surface area (Å²) < 4.78 is 0. The standard InChI is InChI=1S/C16H9Cl4NO3/c17-8-2-1-7(5-11(8)20)12(22)6-16(24)13-9(18)3-4-10(19)14(13)21-15(16)23/h1-5,24H,6H2,(H,21,23). The summed E-state index contributed by atoms with van der Waals surface area (Å²) >= 11 is 23.9. The quantitative estimate of drug-likeness (QED) is 0.727. The van der Waals surface area contributed by atoms with Crippen molar-refractivity contribution in [1.29, 1.82) is 0 Å². The highest BCUT2D eigenvalue weighted by molar-refractivity contribution is 6.42. The summed E-state index contributed by atoms with van der Waals surface area (Å²) in [5, 5.41) is 14.2. The number of Topliss-reactive ketones (excluding diaryl/α,β-unsaturated/α-hetero) is 1. The first-order valence-corrected chi connectivity index (χ1v) is 8.26. The molecule has 0 bridgehead atoms. The summed E-state index contributed by atoms with van der Waals surface area (Å²) in [6, 6.07) is 7.26. The van der Waals surface area contributed by atoms with Crippen LogP contribution in [0.25, 0.3) is 0 Å². The lowest BCUT2D eigenvalue weighted by Gasteiger charge is -2.21. The number of anilines is 1. The fourth-order valence-corrected chi connectivity index (χ4v) is 3.40. The number of rotatable bonds is 3. The molecule has 0 saturated carbocycles. The Morgan fingerprint density at radius 2 is 1.62 bits per heavy atom. The summed E-state index contributed by atoms with van der Waals surface area (Å²) in [6.07, 6.45) is -0.510. The predicted octanol–water partition coefficient (Wildman–Crippen LogP) is 4.71. The van der Waals surface area contributed by atoms with Crippen molar-refractivity contribution in [3.05, 3.63) is 61.5 Å². The summed E-state index contributed by atoms with van der Waals surface area (Å²) in [5.74, 6) is -1.25. The van der Waals surface area contributed by atoms with Gasteiger partial charge in [0.1, 0.15) is 0 Å². The Labute approximate surface area is 157 Å². The third-order valence-electron chi connectivity index (χ3n) is 3.79. The molecule has 0 aliphatic carbocycles. The number of carbonyl (C=O) groups excluding carboxylic acids is 2. The SMILES string of the molecule is O=C(CC1(O)C(=O)Nc2c(Cl)ccc(Cl)c21)c1ccc(Cl)c(Cl)c1. The molecule has 1 atom stereocenters. The average molecular weight is 405 g/mol. The minimum Gasteiger partial charge on any atom is -0.375 e. The van der Waals surface area contributed by atoms with Crippen molar-refractivity contribution in [3.63, 3.8) is 0 Å². The number of nitrogens with one attached hydrogen (secondary N) is 1. The molecule has 2 aromatic rings. The molecule has 0 saturated heterocycles. The van der Waals surface area contributed by atoms with Gasteiger partial charge in [0.2, 0.25) is 0 Å². The highest BCUT2D eigenvalue weighted by Gasteiger charge is 2.49. The number of amides is 1. The molecule has 4 nitrogen and oxygen atoms in total. The molecule has 0 spiro atoms. The first-order valence-electron chi connectivity index (χ1n) is 6.74. The summed E-state index contributed by atoms with van der Waals surface area (Å²) in [5.41, 5.74) is -1.59. The van der Waals surface area contributed by atoms with Crippen LogP contribution >= 0.6 is 46.4 Å². The summed E-state index contributed by atoms with van der Waals surface area (Å²) in [6.45, 7) is 0. The van der Waals surface area contributed by atoms with E-state index in [9.17, 15) is 14.7 Å². The second-order valence-corrected chi connectivity index (χ2v) is 6.95. The Hall–Kier alpha value is -1.30. The normalized spacial score (nSPS) is 19.1. The summed E-state index contributed by atoms with van der Waals surface area (Å²) in [4.78, 5) is 24.8. The number of fused-ring (bicyclic) bond motifs is 1. The van der Waals surface area contributed by atoms with Crippen molar-refractivity contribution in [2.45, 2.75) is 12.0 Å². The molecule has 1 unspecified atom stereocenters. The monoisotopic (exact) mass is 403 g/mol. The number of carbonyl (C=O) groups is 2. The van der Waals surface area contributed by atoms with E-state index in [0.717, 1.165) is 0 Å². The average Bonchev–Trinajstić information content (AvgIpc) is 2.78. The van der Waals surface area contributed by atoms with E-state index in [4.69, 9.17) is 46.4 Å². The van der Waals surface area contributed by atoms with Gasteiger partial charge in [-0.1, -0.05) is 46.4 Å². The molecule has 1 aliphatic rings. The zero-order valence-electron chi connectivity index (χ0n) is 11.9. The van der Waals surface area contributed by atoms with Gasteiger partial charge in [-0.2, -0.15) is 0 Å². The van der Waals surface area contributed by atoms with Gasteiger partial charge in [-0.3, -0.25) is 9.59 Å². The van der Waals surface area contributed by atoms with Crippen molar-refractivity contribution in [2.75, 3.05) is 5.32 Å². The molecular formula is C16H9Cl4NO3. The number of benzene rings is 2. The number of ketones is 1. The molecule has 0 fully saturated rings. The molecule has 0 radical (unpaired) electrons. The zero-order chi connectivity index (χ0) is 17.6. The second kappa shape index (κ2) is 6.21. The minimum absolute atomic E-state index is 0.0927. The van der Waals surface area contributed by atoms with Gasteiger partial charge in [0.25, 0.3) is 5.91 Å². The predicted molar refractivity (Wildman–Crippen MR) is 94.4 cm³/mol. The highest BCUT2D eigenvalue weighted by Crippen LogP contribution is 2.46. The maximum Gasteiger partial charge on any atom is 0.261 e. The van der Waals surface area contributed by atoms with E-state index in [0.29, 0.717) is 5.02 Å². The Kier molecular flexibility index (Phi) is 4.53. The van der Waals surface area contributed by atoms with Gasteiger partial charge in [-0.05, 0) is 30.3 Å². The second-order valence-electron chi connectivity index (χ2n) is 5.32. The van der Waals surface area contributed by atoms with Crippen molar-refractivity contribution < 1.29 is 14.7 Å². The molecule has 1 amide bonds. The molecule has 124 valence electrons. The number of aliphatic hydroxyl groups is 1. The molecule has 0 aromatic heterocycles. The van der Waals surface area contributed by atoms with Gasteiger partial charge in [0.15, 0.2) is 11.4 Å². The molecule has 2 aromatic carbocycles. The maximum atomic E-state index is 12.5. The molecule has 1 aliphatic heterocycles. The van der Waals surface area contributed by atoms with E-state index in [2.05, 4.69) is 5.32 Å². The van der Waals surface area contributed by atoms with Crippen LogP contribution in [0, 0.1) is 0 Å². The molecular weight excluding hydrogens is 396 g/mol. The van der Waals surface area contributed by atoms with Crippen LogP contribution in [0.5, 0.6) is 0 Å². The Balaban J connectivity index is 2.01. The lowest BCUT2D eigenvalue weighted by molar-refractivity contribution is -0.133. The van der Waals surface area contributed by atoms with Gasteiger partial charge in [0.05, 0.1) is 27.2 Å². The van der Waals surface area contributed by atoms with Crippen molar-refractivity contribution in [2.24, 2.45) is 0 Å². The fourth-order valence-electron chi connectivity index (χ4n) is 2.58. The van der Waals surface area contributed by atoms with Crippen LogP contribution in [-0.4, -0.2) is 16.8 Å². The van der Waals surface area contributed by atoms with E-state index in [1.54, 1.807) is 0 Å². The van der Waals surface area contributed by atoms with Crippen LogP contribution in [-0.2, 0) is 10.4 Å². The minimum atomic E-state index is -2.11. The van der Waals surface area contributed by atoms with Crippen molar-refractivity contribution in [3.8, 4) is 0 Å². The lowest BCUT2D eigenvalue weighted by Crippen LogP contribution is -2.36. The lowest BCUT2D eigenvalue weighted by atomic mass is 9.88. The molecule has 8 heteroatoms. The van der Waals surface area contributed by atoms with Gasteiger partial charge in [-0.15, -0.1) is 0 Å².